The predicted molar refractivity (Wildman–Crippen MR) is 120 cm³/mol. The van der Waals surface area contributed by atoms with Gasteiger partial charge in [-0.3, -0.25) is 14.7 Å². The Morgan fingerprint density at radius 3 is 2.62 bits per heavy atom. The molecule has 1 aromatic carbocycles. The van der Waals surface area contributed by atoms with Gasteiger partial charge in [0.05, 0.1) is 24.8 Å². The van der Waals surface area contributed by atoms with Crippen LogP contribution in [0.25, 0.3) is 0 Å². The molecule has 8 nitrogen and oxygen atoms in total. The van der Waals surface area contributed by atoms with Crippen LogP contribution in [0.15, 0.2) is 23.2 Å². The van der Waals surface area contributed by atoms with E-state index in [4.69, 9.17) is 10.00 Å². The van der Waals surface area contributed by atoms with Crippen molar-refractivity contribution in [2.45, 2.75) is 6.54 Å². The molecule has 0 aromatic heterocycles. The van der Waals surface area contributed by atoms with Gasteiger partial charge in [-0.15, -0.1) is 24.0 Å². The monoisotopic (exact) mass is 518 g/mol. The normalized spacial score (nSPS) is 14.7. The summed E-state index contributed by atoms with van der Waals surface area (Å²) < 4.78 is 18.9. The average Bonchev–Trinajstić information content (AvgIpc) is 2.70. The van der Waals surface area contributed by atoms with Gasteiger partial charge in [0.15, 0.2) is 5.96 Å². The molecule has 0 radical (unpaired) electrons. The lowest BCUT2D eigenvalue weighted by molar-refractivity contribution is -0.122. The number of guanidine groups is 1. The maximum Gasteiger partial charge on any atom is 0.234 e. The maximum atomic E-state index is 14.0. The molecule has 1 aliphatic rings. The summed E-state index contributed by atoms with van der Waals surface area (Å²) >= 11 is 0. The Hall–Kier alpha value is -1.97. The molecule has 160 valence electrons. The van der Waals surface area contributed by atoms with Gasteiger partial charge in [0, 0.05) is 59.0 Å². The van der Waals surface area contributed by atoms with Crippen molar-refractivity contribution < 1.29 is 13.9 Å². The van der Waals surface area contributed by atoms with Crippen molar-refractivity contribution in [2.24, 2.45) is 4.99 Å². The minimum atomic E-state index is -0.411. The molecule has 1 aromatic rings. The van der Waals surface area contributed by atoms with E-state index in [1.165, 1.54) is 6.07 Å². The Bertz CT molecular complexity index is 732. The highest BCUT2D eigenvalue weighted by Crippen LogP contribution is 2.10. The van der Waals surface area contributed by atoms with Crippen molar-refractivity contribution >= 4 is 35.8 Å². The van der Waals surface area contributed by atoms with Gasteiger partial charge < -0.3 is 20.3 Å². The van der Waals surface area contributed by atoms with Crippen molar-refractivity contribution in [2.75, 3.05) is 60.0 Å². The second-order valence-corrected chi connectivity index (χ2v) is 6.42. The molecular formula is C19H28FIN6O2. The number of aliphatic imine (C=N–C) groups is 1. The zero-order valence-corrected chi connectivity index (χ0v) is 19.1. The molecular weight excluding hydrogens is 490 g/mol. The number of nitrogens with one attached hydrogen (secondary N) is 2. The third kappa shape index (κ3) is 8.12. The highest BCUT2D eigenvalue weighted by molar-refractivity contribution is 14.0. The van der Waals surface area contributed by atoms with Crippen LogP contribution < -0.4 is 10.6 Å². The molecule has 0 bridgehead atoms. The number of ether oxygens (including phenoxy) is 1. The molecule has 0 aliphatic carbocycles. The van der Waals surface area contributed by atoms with Crippen LogP contribution in [-0.2, 0) is 16.1 Å². The van der Waals surface area contributed by atoms with Gasteiger partial charge in [-0.2, -0.15) is 5.26 Å². The lowest BCUT2D eigenvalue weighted by Gasteiger charge is -2.36. The summed E-state index contributed by atoms with van der Waals surface area (Å²) in [5, 5.41) is 14.8. The summed E-state index contributed by atoms with van der Waals surface area (Å²) in [7, 11) is 3.29. The lowest BCUT2D eigenvalue weighted by atomic mass is 10.1. The first kappa shape index (κ1) is 25.1. The van der Waals surface area contributed by atoms with E-state index < -0.39 is 5.82 Å². The second kappa shape index (κ2) is 13.3. The van der Waals surface area contributed by atoms with Gasteiger partial charge in [-0.05, 0) is 12.1 Å². The summed E-state index contributed by atoms with van der Waals surface area (Å²) in [5.74, 6) is 0.267. The average molecular weight is 518 g/mol. The van der Waals surface area contributed by atoms with Crippen LogP contribution in [0.4, 0.5) is 4.39 Å². The van der Waals surface area contributed by atoms with Gasteiger partial charge >= 0.3 is 0 Å². The van der Waals surface area contributed by atoms with Crippen LogP contribution >= 0.6 is 24.0 Å². The van der Waals surface area contributed by atoms with E-state index in [2.05, 4.69) is 25.4 Å². The standard InChI is InChI=1S/C19H27FN6O2.HI/c1-22-19(24-13-16-4-3-15(12-21)11-17(16)20)26-8-6-25(7-9-26)14-18(27)23-5-10-28-2;/h3-4,11H,5-10,13-14H2,1-2H3,(H,22,24)(H,23,27);1H. The summed E-state index contributed by atoms with van der Waals surface area (Å²) in [6.45, 7) is 4.58. The van der Waals surface area contributed by atoms with Gasteiger partial charge in [-0.25, -0.2) is 4.39 Å². The number of carbonyl (C=O) groups is 1. The Labute approximate surface area is 188 Å². The van der Waals surface area contributed by atoms with Crippen molar-refractivity contribution in [1.29, 1.82) is 5.26 Å². The van der Waals surface area contributed by atoms with Gasteiger partial charge in [0.1, 0.15) is 5.82 Å². The van der Waals surface area contributed by atoms with Crippen LogP contribution in [-0.4, -0.2) is 81.7 Å². The van der Waals surface area contributed by atoms with Crippen molar-refractivity contribution in [3.63, 3.8) is 0 Å². The lowest BCUT2D eigenvalue weighted by Crippen LogP contribution is -2.54. The number of nitrogens with zero attached hydrogens (tertiary/aromatic N) is 4. The SMILES string of the molecule is CN=C(NCc1ccc(C#N)cc1F)N1CCN(CC(=O)NCCOC)CC1.I. The minimum Gasteiger partial charge on any atom is -0.383 e. The van der Waals surface area contributed by atoms with E-state index >= 15 is 0 Å². The number of nitriles is 1. The molecule has 2 N–H and O–H groups in total. The first-order valence-corrected chi connectivity index (χ1v) is 9.19. The number of piperazine rings is 1. The molecule has 2 rings (SSSR count). The molecule has 0 spiro atoms. The zero-order valence-electron chi connectivity index (χ0n) is 16.8. The van der Waals surface area contributed by atoms with Gasteiger partial charge in [0.2, 0.25) is 5.91 Å². The van der Waals surface area contributed by atoms with E-state index in [0.29, 0.717) is 36.8 Å². The number of hydrogen-bond acceptors (Lipinski definition) is 5. The summed E-state index contributed by atoms with van der Waals surface area (Å²) in [5.41, 5.74) is 0.777. The van der Waals surface area contributed by atoms with Crippen LogP contribution in [0, 0.1) is 17.1 Å². The van der Waals surface area contributed by atoms with E-state index in [9.17, 15) is 9.18 Å². The molecule has 0 unspecified atom stereocenters. The maximum absolute atomic E-state index is 14.0. The molecule has 0 saturated carbocycles. The van der Waals surface area contributed by atoms with Crippen LogP contribution in [0.5, 0.6) is 0 Å². The molecule has 1 aliphatic heterocycles. The Morgan fingerprint density at radius 1 is 1.31 bits per heavy atom. The van der Waals surface area contributed by atoms with Crippen molar-refractivity contribution in [3.05, 3.63) is 35.1 Å². The van der Waals surface area contributed by atoms with E-state index in [1.807, 2.05) is 6.07 Å². The fourth-order valence-electron chi connectivity index (χ4n) is 2.94. The van der Waals surface area contributed by atoms with Crippen LogP contribution in [0.2, 0.25) is 0 Å². The van der Waals surface area contributed by atoms with E-state index in [0.717, 1.165) is 26.2 Å². The van der Waals surface area contributed by atoms with Gasteiger partial charge in [0.25, 0.3) is 0 Å². The van der Waals surface area contributed by atoms with E-state index in [-0.39, 0.29) is 36.4 Å². The number of carbonyl (C=O) groups excluding carboxylic acids is 1. The third-order valence-electron chi connectivity index (χ3n) is 4.50. The number of halogens is 2. The topological polar surface area (TPSA) is 93.0 Å². The van der Waals surface area contributed by atoms with Crippen LogP contribution in [0.3, 0.4) is 0 Å². The molecule has 1 saturated heterocycles. The fraction of sp³-hybridized carbons (Fsp3) is 0.526. The fourth-order valence-corrected chi connectivity index (χ4v) is 2.94. The Balaban J connectivity index is 0.00000420. The summed E-state index contributed by atoms with van der Waals surface area (Å²) in [6.07, 6.45) is 0. The quantitative estimate of drug-likeness (QED) is 0.240. The molecule has 29 heavy (non-hydrogen) atoms. The first-order chi connectivity index (χ1) is 13.6. The van der Waals surface area contributed by atoms with Crippen molar-refractivity contribution in [3.8, 4) is 6.07 Å². The molecule has 1 amide bonds. The molecule has 1 heterocycles. The Kier molecular flexibility index (Phi) is 11.5. The third-order valence-corrected chi connectivity index (χ3v) is 4.50. The van der Waals surface area contributed by atoms with Gasteiger partial charge in [-0.1, -0.05) is 6.07 Å². The van der Waals surface area contributed by atoms with E-state index in [1.54, 1.807) is 26.3 Å². The molecule has 0 atom stereocenters. The summed E-state index contributed by atoms with van der Waals surface area (Å²) in [4.78, 5) is 20.3. The number of hydrogen-bond donors (Lipinski definition) is 2. The molecule has 1 fully saturated rings. The number of methoxy groups -OCH3 is 1. The number of amides is 1. The zero-order chi connectivity index (χ0) is 20.4. The van der Waals surface area contributed by atoms with Crippen LogP contribution in [0.1, 0.15) is 11.1 Å². The minimum absolute atomic E-state index is 0. The number of rotatable bonds is 7. The number of benzene rings is 1. The largest absolute Gasteiger partial charge is 0.383 e. The highest BCUT2D eigenvalue weighted by Gasteiger charge is 2.21. The first-order valence-electron chi connectivity index (χ1n) is 9.19. The highest BCUT2D eigenvalue weighted by atomic mass is 127. The molecule has 10 heteroatoms. The summed E-state index contributed by atoms with van der Waals surface area (Å²) in [6, 6.07) is 6.36. The van der Waals surface area contributed by atoms with Crippen molar-refractivity contribution in [1.82, 2.24) is 20.4 Å². The predicted octanol–water partition coefficient (Wildman–Crippen LogP) is 0.771. The Morgan fingerprint density at radius 2 is 2.03 bits per heavy atom. The smallest absolute Gasteiger partial charge is 0.234 e. The second-order valence-electron chi connectivity index (χ2n) is 6.42.